The molecule has 0 fully saturated rings. The van der Waals surface area contributed by atoms with Gasteiger partial charge in [0.15, 0.2) is 10.0 Å². The van der Waals surface area contributed by atoms with E-state index in [2.05, 4.69) is 24.6 Å². The van der Waals surface area contributed by atoms with E-state index in [1.165, 1.54) is 13.1 Å². The summed E-state index contributed by atoms with van der Waals surface area (Å²) in [6.45, 7) is 14.1. The van der Waals surface area contributed by atoms with E-state index in [1.54, 1.807) is 4.13 Å². The molecular formula is C21H57F3KNO7S2Si. The van der Waals surface area contributed by atoms with Crippen molar-refractivity contribution in [3.05, 3.63) is 16.8 Å². The van der Waals surface area contributed by atoms with Gasteiger partial charge in [-0.3, -0.25) is 4.18 Å². The number of hydrogen-bond donors (Lipinski definition) is 2. The van der Waals surface area contributed by atoms with E-state index >= 15 is 0 Å². The van der Waals surface area contributed by atoms with Crippen LogP contribution < -0.4 is 51.4 Å². The molecule has 0 spiro atoms. The van der Waals surface area contributed by atoms with Gasteiger partial charge in [0, 0.05) is 0 Å². The van der Waals surface area contributed by atoms with Gasteiger partial charge in [0.25, 0.3) is 0 Å². The summed E-state index contributed by atoms with van der Waals surface area (Å²) in [5, 5.41) is 0. The second kappa shape index (κ2) is 30.7. The van der Waals surface area contributed by atoms with E-state index in [4.69, 9.17) is 9.59 Å². The normalized spacial score (nSPS) is 10.2. The van der Waals surface area contributed by atoms with Crippen LogP contribution in [0.25, 0.3) is 4.13 Å². The summed E-state index contributed by atoms with van der Waals surface area (Å²) in [5.41, 5.74) is -5.76. The predicted octanol–water partition coefficient (Wildman–Crippen LogP) is 4.62. The molecule has 0 unspecified atom stereocenters. The molecule has 0 aromatic rings. The molecule has 0 aliphatic rings. The fourth-order valence-electron chi connectivity index (χ4n) is 1.17. The summed E-state index contributed by atoms with van der Waals surface area (Å²) in [7, 11) is -13.8. The maximum absolute atomic E-state index is 11.9. The van der Waals surface area contributed by atoms with Crippen LogP contribution in [0, 0.1) is 11.8 Å². The van der Waals surface area contributed by atoms with Gasteiger partial charge >= 0.3 is 65.5 Å². The summed E-state index contributed by atoms with van der Waals surface area (Å²) in [4.78, 5) is 16.4. The second-order valence-electron chi connectivity index (χ2n) is 7.19. The van der Waals surface area contributed by atoms with Crippen molar-refractivity contribution in [1.82, 2.24) is 0 Å². The molecule has 2 N–H and O–H groups in total. The quantitative estimate of drug-likeness (QED) is 0.218. The van der Waals surface area contributed by atoms with E-state index in [0.717, 1.165) is 12.3 Å². The Morgan fingerprint density at radius 3 is 1.44 bits per heavy atom. The van der Waals surface area contributed by atoms with Crippen LogP contribution in [-0.4, -0.2) is 47.1 Å². The first kappa shape index (κ1) is 65.8. The average molecular weight is 624 g/mol. The van der Waals surface area contributed by atoms with Gasteiger partial charge in [-0.2, -0.15) is 13.2 Å². The Hall–Kier alpha value is 1.12. The molecule has 0 aliphatic heterocycles. The van der Waals surface area contributed by atoms with Crippen LogP contribution in [0.2, 0.25) is 13.1 Å². The van der Waals surface area contributed by atoms with Crippen molar-refractivity contribution in [2.45, 2.75) is 110 Å². The van der Waals surface area contributed by atoms with Crippen LogP contribution in [-0.2, 0) is 24.5 Å². The summed E-state index contributed by atoms with van der Waals surface area (Å²) >= 11 is 0. The number of hydrogen-bond acceptors (Lipinski definition) is 7. The van der Waals surface area contributed by atoms with E-state index in [-0.39, 0.29) is 108 Å². The molecule has 0 saturated carbocycles. The largest absolute Gasteiger partial charge is 1.00 e. The van der Waals surface area contributed by atoms with Crippen LogP contribution in [0.3, 0.4) is 0 Å². The van der Waals surface area contributed by atoms with Gasteiger partial charge in [-0.25, -0.2) is 16.8 Å². The van der Waals surface area contributed by atoms with Crippen LogP contribution in [0.1, 0.15) is 91.5 Å². The molecule has 0 bridgehead atoms. The fraction of sp³-hybridized carbons (Fsp3) is 0.905. The molecule has 226 valence electrons. The Balaban J connectivity index is -0.0000000403. The van der Waals surface area contributed by atoms with E-state index in [0.29, 0.717) is 6.42 Å². The third-order valence-electron chi connectivity index (χ3n) is 2.28. The molecule has 15 heteroatoms. The standard InChI is InChI=1S/C7H13F3NO5S2.C6H12.C2H8O2Si.6CH4.K/c1-6(2)4-3-5-16-18(14,15)11-17(12,13)7(8,9)10;1-4-5-6(2)3;1-5(2,3)4;;;;;;;/h6H,3-5H2,1-2H3;4,6H,1,5H2,2-3H3;3-4H,1-2H3;6*1H4;/q-1;;;;;;;;;+1. The maximum atomic E-state index is 11.9. The van der Waals surface area contributed by atoms with Crippen molar-refractivity contribution in [3.8, 4) is 0 Å². The van der Waals surface area contributed by atoms with Gasteiger partial charge in [-0.15, -0.1) is 6.58 Å². The molecule has 0 amide bonds. The number of allylic oxidation sites excluding steroid dienone is 1. The first-order valence-corrected chi connectivity index (χ1v) is 14.3. The minimum Gasteiger partial charge on any atom is -0.411 e. The minimum atomic E-state index is -6.10. The van der Waals surface area contributed by atoms with Gasteiger partial charge in [0.05, 0.1) is 6.61 Å². The summed E-state index contributed by atoms with van der Waals surface area (Å²) in [6.07, 6.45) is 3.94. The molecule has 0 saturated heterocycles. The number of alkyl halides is 3. The number of nitrogens with zero attached hydrogens (tertiary/aromatic N) is 1. The number of halogens is 3. The first-order chi connectivity index (χ1) is 12.6. The van der Waals surface area contributed by atoms with Crippen molar-refractivity contribution in [3.63, 3.8) is 0 Å². The minimum absolute atomic E-state index is 0. The fourth-order valence-corrected chi connectivity index (χ4v) is 2.97. The Morgan fingerprint density at radius 2 is 1.25 bits per heavy atom. The van der Waals surface area contributed by atoms with Gasteiger partial charge in [-0.1, -0.05) is 78.3 Å². The zero-order valence-corrected chi connectivity index (χ0v) is 24.4. The van der Waals surface area contributed by atoms with Gasteiger partial charge < -0.3 is 13.7 Å². The van der Waals surface area contributed by atoms with Gasteiger partial charge in [0.1, 0.15) is 0 Å². The van der Waals surface area contributed by atoms with Crippen molar-refractivity contribution in [2.24, 2.45) is 11.8 Å². The topological polar surface area (TPSA) is 132 Å². The van der Waals surface area contributed by atoms with Crippen molar-refractivity contribution < 1.29 is 95.2 Å². The monoisotopic (exact) mass is 623 g/mol. The Kier molecular flexibility index (Phi) is 56.1. The number of rotatable bonds is 9. The third-order valence-corrected chi connectivity index (χ3v) is 4.84. The zero-order chi connectivity index (χ0) is 24.1. The van der Waals surface area contributed by atoms with E-state index in [9.17, 15) is 30.0 Å². The van der Waals surface area contributed by atoms with Crippen LogP contribution >= 0.6 is 0 Å². The molecular weight excluding hydrogens is 567 g/mol. The molecule has 0 rings (SSSR count). The molecule has 0 aromatic heterocycles. The smallest absolute Gasteiger partial charge is 0.411 e. The second-order valence-corrected chi connectivity index (χ2v) is 13.3. The molecule has 0 aromatic carbocycles. The zero-order valence-electron chi connectivity index (χ0n) is 18.6. The molecule has 0 aliphatic carbocycles. The predicted molar refractivity (Wildman–Crippen MR) is 149 cm³/mol. The van der Waals surface area contributed by atoms with E-state index < -0.39 is 41.0 Å². The van der Waals surface area contributed by atoms with Crippen molar-refractivity contribution in [2.75, 3.05) is 6.61 Å². The summed E-state index contributed by atoms with van der Waals surface area (Å²) in [5.74, 6) is 1.04. The Labute approximate surface area is 266 Å². The van der Waals surface area contributed by atoms with Crippen LogP contribution in [0.5, 0.6) is 0 Å². The molecule has 36 heavy (non-hydrogen) atoms. The molecule has 8 nitrogen and oxygen atoms in total. The number of sulfonamides is 1. The first-order valence-electron chi connectivity index (χ1n) is 8.65. The van der Waals surface area contributed by atoms with Gasteiger partial charge in [0.2, 0.25) is 10.3 Å². The summed E-state index contributed by atoms with van der Waals surface area (Å²) in [6, 6.07) is 0. The Morgan fingerprint density at radius 1 is 0.917 bits per heavy atom. The third kappa shape index (κ3) is 55.6. The molecule has 0 atom stereocenters. The molecule has 0 radical (unpaired) electrons. The SMILES string of the molecule is C.C.C.C.C.C.C=CCC(C)C.CC(C)CCCOS(=O)(=O)[N-]S(=O)(=O)C(F)(F)F.C[Si](C)(O)O.[K+]. The average Bonchev–Trinajstić information content (AvgIpc) is 2.39. The van der Waals surface area contributed by atoms with Crippen LogP contribution in [0.4, 0.5) is 13.2 Å². The Bertz CT molecular complexity index is 649. The summed E-state index contributed by atoms with van der Waals surface area (Å²) < 4.78 is 84.0. The van der Waals surface area contributed by atoms with Crippen molar-refractivity contribution >= 4 is 28.9 Å². The van der Waals surface area contributed by atoms with Crippen molar-refractivity contribution in [1.29, 1.82) is 0 Å². The van der Waals surface area contributed by atoms with Gasteiger partial charge in [-0.05, 0) is 44.2 Å². The maximum Gasteiger partial charge on any atom is 1.00 e. The molecule has 0 heterocycles. The van der Waals surface area contributed by atoms with E-state index in [1.807, 2.05) is 19.9 Å². The van der Waals surface area contributed by atoms with Crippen LogP contribution in [0.15, 0.2) is 12.7 Å².